The van der Waals surface area contributed by atoms with E-state index in [0.717, 1.165) is 11.1 Å². The van der Waals surface area contributed by atoms with Gasteiger partial charge in [0.1, 0.15) is 0 Å². The summed E-state index contributed by atoms with van der Waals surface area (Å²) in [6.07, 6.45) is 0. The van der Waals surface area contributed by atoms with E-state index in [-0.39, 0.29) is 21.5 Å². The van der Waals surface area contributed by atoms with Gasteiger partial charge in [-0.1, -0.05) is 46.5 Å². The molecule has 0 aliphatic carbocycles. The van der Waals surface area contributed by atoms with Crippen LogP contribution in [0.5, 0.6) is 0 Å². The molecule has 6 heteroatoms. The number of amides is 2. The average Bonchev–Trinajstić information content (AvgIpc) is 2.52. The second-order valence-electron chi connectivity index (χ2n) is 7.23. The zero-order valence-electron chi connectivity index (χ0n) is 15.5. The number of halogens is 2. The van der Waals surface area contributed by atoms with Gasteiger partial charge < -0.3 is 0 Å². The lowest BCUT2D eigenvalue weighted by Crippen LogP contribution is -2.56. The highest BCUT2D eigenvalue weighted by Crippen LogP contribution is 2.26. The van der Waals surface area contributed by atoms with Crippen LogP contribution in [-0.4, -0.2) is 22.4 Å². The summed E-state index contributed by atoms with van der Waals surface area (Å²) in [6.45, 7) is 9.37. The first kappa shape index (κ1) is 20.3. The second kappa shape index (κ2) is 7.68. The fraction of sp³-hybridized carbons (Fsp3) is 0.300. The van der Waals surface area contributed by atoms with E-state index in [4.69, 9.17) is 23.2 Å². The van der Waals surface area contributed by atoms with Crippen LogP contribution < -0.4 is 5.43 Å². The Morgan fingerprint density at radius 2 is 1.58 bits per heavy atom. The molecule has 2 aromatic carbocycles. The molecule has 26 heavy (non-hydrogen) atoms. The van der Waals surface area contributed by atoms with E-state index in [9.17, 15) is 9.59 Å². The molecule has 0 aliphatic rings. The maximum atomic E-state index is 13.1. The molecule has 0 saturated carbocycles. The highest BCUT2D eigenvalue weighted by Gasteiger charge is 2.30. The minimum atomic E-state index is -0.643. The third-order valence-electron chi connectivity index (χ3n) is 3.75. The van der Waals surface area contributed by atoms with Gasteiger partial charge in [0.05, 0.1) is 21.1 Å². The zero-order chi connectivity index (χ0) is 19.6. The van der Waals surface area contributed by atoms with Gasteiger partial charge in [0.25, 0.3) is 11.8 Å². The normalized spacial score (nSPS) is 11.2. The van der Waals surface area contributed by atoms with Crippen molar-refractivity contribution in [2.75, 3.05) is 0 Å². The predicted molar refractivity (Wildman–Crippen MR) is 106 cm³/mol. The van der Waals surface area contributed by atoms with Crippen LogP contribution in [0.1, 0.15) is 52.6 Å². The first-order chi connectivity index (χ1) is 12.0. The number of carbonyl (C=O) groups is 2. The molecule has 138 valence electrons. The Bertz CT molecular complexity index is 837. The minimum absolute atomic E-state index is 0.152. The highest BCUT2D eigenvalue weighted by atomic mass is 35.5. The first-order valence-electron chi connectivity index (χ1n) is 8.18. The predicted octanol–water partition coefficient (Wildman–Crippen LogP) is 5.20. The molecule has 0 heterocycles. The summed E-state index contributed by atoms with van der Waals surface area (Å²) in [7, 11) is 0. The van der Waals surface area contributed by atoms with Gasteiger partial charge >= 0.3 is 0 Å². The Hall–Kier alpha value is -2.04. The van der Waals surface area contributed by atoms with Gasteiger partial charge in [0.2, 0.25) is 0 Å². The van der Waals surface area contributed by atoms with Crippen molar-refractivity contribution in [3.63, 3.8) is 0 Å². The molecule has 2 aromatic rings. The molecule has 0 unspecified atom stereocenters. The molecule has 2 rings (SSSR count). The summed E-state index contributed by atoms with van der Waals surface area (Å²) >= 11 is 12.1. The molecule has 0 aromatic heterocycles. The summed E-state index contributed by atoms with van der Waals surface area (Å²) in [5.41, 5.74) is 4.71. The van der Waals surface area contributed by atoms with Gasteiger partial charge in [0.15, 0.2) is 0 Å². The van der Waals surface area contributed by atoms with E-state index in [0.29, 0.717) is 5.56 Å². The van der Waals surface area contributed by atoms with Crippen LogP contribution in [0.15, 0.2) is 36.4 Å². The Balaban J connectivity index is 2.38. The Kier molecular flexibility index (Phi) is 5.99. The lowest BCUT2D eigenvalue weighted by atomic mass is 10.0. The molecular formula is C20H22Cl2N2O2. The number of nitrogens with zero attached hydrogens (tertiary/aromatic N) is 1. The van der Waals surface area contributed by atoms with Gasteiger partial charge in [-0.05, 0) is 58.9 Å². The number of hydrogen-bond acceptors (Lipinski definition) is 2. The van der Waals surface area contributed by atoms with E-state index in [1.807, 2.05) is 40.7 Å². The van der Waals surface area contributed by atoms with Gasteiger partial charge in [-0.2, -0.15) is 0 Å². The van der Waals surface area contributed by atoms with Crippen LogP contribution in [0, 0.1) is 13.8 Å². The van der Waals surface area contributed by atoms with Gasteiger partial charge in [-0.25, -0.2) is 5.01 Å². The van der Waals surface area contributed by atoms with Crippen molar-refractivity contribution in [1.29, 1.82) is 0 Å². The first-order valence-corrected chi connectivity index (χ1v) is 8.94. The molecule has 0 bridgehead atoms. The van der Waals surface area contributed by atoms with Gasteiger partial charge in [0, 0.05) is 5.56 Å². The maximum absolute atomic E-state index is 13.1. The van der Waals surface area contributed by atoms with Crippen molar-refractivity contribution in [2.24, 2.45) is 0 Å². The monoisotopic (exact) mass is 392 g/mol. The van der Waals surface area contributed by atoms with Gasteiger partial charge in [-0.3, -0.25) is 15.0 Å². The van der Waals surface area contributed by atoms with E-state index in [1.54, 1.807) is 30.3 Å². The number of hydrazine groups is 1. The van der Waals surface area contributed by atoms with Crippen LogP contribution in [0.25, 0.3) is 0 Å². The fourth-order valence-electron chi connectivity index (χ4n) is 2.59. The summed E-state index contributed by atoms with van der Waals surface area (Å²) in [4.78, 5) is 25.8. The Labute approximate surface area is 164 Å². The molecule has 2 amide bonds. The van der Waals surface area contributed by atoms with Crippen molar-refractivity contribution in [3.05, 3.63) is 68.7 Å². The lowest BCUT2D eigenvalue weighted by Gasteiger charge is -2.35. The number of rotatable bonds is 2. The molecule has 0 radical (unpaired) electrons. The molecule has 0 saturated heterocycles. The van der Waals surface area contributed by atoms with E-state index >= 15 is 0 Å². The maximum Gasteiger partial charge on any atom is 0.272 e. The third kappa shape index (κ3) is 4.57. The number of carbonyl (C=O) groups excluding carboxylic acids is 2. The molecule has 0 atom stereocenters. The quantitative estimate of drug-likeness (QED) is 0.714. The fourth-order valence-corrected chi connectivity index (χ4v) is 2.98. The minimum Gasteiger partial charge on any atom is -0.267 e. The molecule has 0 spiro atoms. The standard InChI is InChI=1S/C20H22Cl2N2O2/c1-12-9-13(2)11-14(10-12)19(26)24(20(3,4)5)23-18(25)15-7-6-8-16(21)17(15)22/h6-11H,1-5H3,(H,23,25). The largest absolute Gasteiger partial charge is 0.272 e. The van der Waals surface area contributed by atoms with Crippen molar-refractivity contribution in [1.82, 2.24) is 10.4 Å². The SMILES string of the molecule is Cc1cc(C)cc(C(=O)N(NC(=O)c2cccc(Cl)c2Cl)C(C)(C)C)c1. The number of benzene rings is 2. The smallest absolute Gasteiger partial charge is 0.267 e. The number of nitrogens with one attached hydrogen (secondary N) is 1. The van der Waals surface area contributed by atoms with E-state index in [2.05, 4.69) is 5.43 Å². The summed E-state index contributed by atoms with van der Waals surface area (Å²) in [5.74, 6) is -0.791. The summed E-state index contributed by atoms with van der Waals surface area (Å²) < 4.78 is 0. The second-order valence-corrected chi connectivity index (χ2v) is 8.02. The molecule has 4 nitrogen and oxygen atoms in total. The van der Waals surface area contributed by atoms with E-state index < -0.39 is 11.4 Å². The average molecular weight is 393 g/mol. The van der Waals surface area contributed by atoms with Crippen molar-refractivity contribution >= 4 is 35.0 Å². The van der Waals surface area contributed by atoms with Crippen LogP contribution >= 0.6 is 23.2 Å². The van der Waals surface area contributed by atoms with Crippen LogP contribution in [0.3, 0.4) is 0 Å². The molecular weight excluding hydrogens is 371 g/mol. The third-order valence-corrected chi connectivity index (χ3v) is 4.57. The van der Waals surface area contributed by atoms with Crippen molar-refractivity contribution in [2.45, 2.75) is 40.2 Å². The Morgan fingerprint density at radius 3 is 2.12 bits per heavy atom. The molecule has 1 N–H and O–H groups in total. The van der Waals surface area contributed by atoms with Crippen LogP contribution in [0.2, 0.25) is 10.0 Å². The van der Waals surface area contributed by atoms with Crippen LogP contribution in [-0.2, 0) is 0 Å². The van der Waals surface area contributed by atoms with E-state index in [1.165, 1.54) is 5.01 Å². The van der Waals surface area contributed by atoms with Crippen LogP contribution in [0.4, 0.5) is 0 Å². The summed E-state index contributed by atoms with van der Waals surface area (Å²) in [6, 6.07) is 10.4. The zero-order valence-corrected chi connectivity index (χ0v) is 17.0. The van der Waals surface area contributed by atoms with Gasteiger partial charge in [-0.15, -0.1) is 0 Å². The summed E-state index contributed by atoms with van der Waals surface area (Å²) in [5, 5.41) is 1.75. The number of hydrogen-bond donors (Lipinski definition) is 1. The van der Waals surface area contributed by atoms with Crippen molar-refractivity contribution < 1.29 is 9.59 Å². The highest BCUT2D eigenvalue weighted by molar-refractivity contribution is 6.43. The molecule has 0 fully saturated rings. The number of aryl methyl sites for hydroxylation is 2. The topological polar surface area (TPSA) is 49.4 Å². The molecule has 0 aliphatic heterocycles. The lowest BCUT2D eigenvalue weighted by molar-refractivity contribution is 0.0358. The van der Waals surface area contributed by atoms with Crippen molar-refractivity contribution in [3.8, 4) is 0 Å². The Morgan fingerprint density at radius 1 is 1.00 bits per heavy atom.